The van der Waals surface area contributed by atoms with Crippen molar-refractivity contribution in [3.8, 4) is 0 Å². The number of hydrogen-bond donors (Lipinski definition) is 1. The van der Waals surface area contributed by atoms with E-state index in [2.05, 4.69) is 5.32 Å². The van der Waals surface area contributed by atoms with E-state index in [0.29, 0.717) is 31.7 Å². The number of methoxy groups -OCH3 is 1. The number of carbonyl (C=O) groups is 2. The third kappa shape index (κ3) is 3.39. The number of furan rings is 1. The van der Waals surface area contributed by atoms with Crippen LogP contribution in [0.15, 0.2) is 23.0 Å². The van der Waals surface area contributed by atoms with E-state index >= 15 is 0 Å². The fourth-order valence-corrected chi connectivity index (χ4v) is 2.39. The van der Waals surface area contributed by atoms with Crippen LogP contribution < -0.4 is 5.32 Å². The lowest BCUT2D eigenvalue weighted by atomic mass is 10.0. The highest BCUT2D eigenvalue weighted by Gasteiger charge is 2.32. The molecule has 6 nitrogen and oxygen atoms in total. The predicted octanol–water partition coefficient (Wildman–Crippen LogP) is 1.04. The highest BCUT2D eigenvalue weighted by atomic mass is 16.5. The van der Waals surface area contributed by atoms with E-state index in [9.17, 15) is 9.59 Å². The third-order valence-electron chi connectivity index (χ3n) is 3.44. The van der Waals surface area contributed by atoms with Crippen molar-refractivity contribution in [1.29, 1.82) is 0 Å². The van der Waals surface area contributed by atoms with Crippen LogP contribution in [0.2, 0.25) is 0 Å². The van der Waals surface area contributed by atoms with Crippen molar-refractivity contribution in [3.63, 3.8) is 0 Å². The molecule has 6 heteroatoms. The first kappa shape index (κ1) is 14.6. The zero-order valence-electron chi connectivity index (χ0n) is 11.6. The smallest absolute Gasteiger partial charge is 0.257 e. The van der Waals surface area contributed by atoms with Gasteiger partial charge in [0, 0.05) is 20.2 Å². The molecule has 2 rings (SSSR count). The summed E-state index contributed by atoms with van der Waals surface area (Å²) in [5, 5.41) is 2.80. The van der Waals surface area contributed by atoms with E-state index in [-0.39, 0.29) is 11.8 Å². The van der Waals surface area contributed by atoms with E-state index < -0.39 is 6.04 Å². The quantitative estimate of drug-likeness (QED) is 0.818. The number of nitrogens with one attached hydrogen (secondary N) is 1. The molecule has 0 aliphatic carbocycles. The van der Waals surface area contributed by atoms with Crippen LogP contribution in [0.3, 0.4) is 0 Å². The Morgan fingerprint density at radius 3 is 3.05 bits per heavy atom. The summed E-state index contributed by atoms with van der Waals surface area (Å²) >= 11 is 0. The molecule has 1 aromatic rings. The maximum atomic E-state index is 12.4. The number of ether oxygens (including phenoxy) is 1. The van der Waals surface area contributed by atoms with Gasteiger partial charge >= 0.3 is 0 Å². The van der Waals surface area contributed by atoms with Crippen LogP contribution in [0.4, 0.5) is 0 Å². The van der Waals surface area contributed by atoms with Crippen LogP contribution in [0.25, 0.3) is 0 Å². The number of amides is 2. The van der Waals surface area contributed by atoms with Gasteiger partial charge in [0.05, 0.1) is 18.4 Å². The minimum atomic E-state index is -0.400. The van der Waals surface area contributed by atoms with Crippen molar-refractivity contribution in [2.24, 2.45) is 0 Å². The minimum absolute atomic E-state index is 0.112. The topological polar surface area (TPSA) is 71.8 Å². The summed E-state index contributed by atoms with van der Waals surface area (Å²) in [6.07, 6.45) is 5.45. The largest absolute Gasteiger partial charge is 0.472 e. The summed E-state index contributed by atoms with van der Waals surface area (Å²) in [6.45, 7) is 1.53. The molecule has 0 saturated carbocycles. The molecule has 2 heterocycles. The van der Waals surface area contributed by atoms with Gasteiger partial charge < -0.3 is 19.4 Å². The second-order valence-corrected chi connectivity index (χ2v) is 4.81. The zero-order valence-corrected chi connectivity index (χ0v) is 11.6. The first-order chi connectivity index (χ1) is 9.74. The lowest BCUT2D eigenvalue weighted by molar-refractivity contribution is -0.126. The second-order valence-electron chi connectivity index (χ2n) is 4.81. The summed E-state index contributed by atoms with van der Waals surface area (Å²) in [6, 6.07) is 1.22. The molecule has 110 valence electrons. The van der Waals surface area contributed by atoms with Crippen LogP contribution in [0.1, 0.15) is 29.6 Å². The molecule has 0 bridgehead atoms. The monoisotopic (exact) mass is 280 g/mol. The fraction of sp³-hybridized carbons (Fsp3) is 0.571. The van der Waals surface area contributed by atoms with Crippen LogP contribution in [0.5, 0.6) is 0 Å². The van der Waals surface area contributed by atoms with Gasteiger partial charge in [-0.25, -0.2) is 0 Å². The number of rotatable bonds is 5. The predicted molar refractivity (Wildman–Crippen MR) is 72.3 cm³/mol. The number of piperidine rings is 1. The molecule has 1 saturated heterocycles. The molecule has 1 aromatic heterocycles. The Morgan fingerprint density at radius 2 is 2.35 bits per heavy atom. The summed E-state index contributed by atoms with van der Waals surface area (Å²) in [5.41, 5.74) is 0.488. The molecule has 20 heavy (non-hydrogen) atoms. The molecular weight excluding hydrogens is 260 g/mol. The number of carbonyl (C=O) groups excluding carboxylic acids is 2. The first-order valence-electron chi connectivity index (χ1n) is 6.84. The molecule has 1 fully saturated rings. The average Bonchev–Trinajstić information content (AvgIpc) is 3.01. The summed E-state index contributed by atoms with van der Waals surface area (Å²) < 4.78 is 9.84. The summed E-state index contributed by atoms with van der Waals surface area (Å²) in [5.74, 6) is -0.260. The van der Waals surface area contributed by atoms with Crippen molar-refractivity contribution >= 4 is 11.8 Å². The lowest BCUT2D eigenvalue weighted by Crippen LogP contribution is -2.52. The number of likely N-dealkylation sites (tertiary alicyclic amines) is 1. The van der Waals surface area contributed by atoms with E-state index in [1.165, 1.54) is 12.5 Å². The molecule has 1 atom stereocenters. The molecule has 0 spiro atoms. The van der Waals surface area contributed by atoms with Gasteiger partial charge in [-0.2, -0.15) is 0 Å². The Balaban J connectivity index is 2.01. The maximum absolute atomic E-state index is 12.4. The highest BCUT2D eigenvalue weighted by molar-refractivity contribution is 5.97. The summed E-state index contributed by atoms with van der Waals surface area (Å²) in [4.78, 5) is 26.2. The number of hydrogen-bond acceptors (Lipinski definition) is 4. The van der Waals surface area contributed by atoms with Crippen molar-refractivity contribution in [3.05, 3.63) is 24.2 Å². The Morgan fingerprint density at radius 1 is 1.50 bits per heavy atom. The normalized spacial score (nSPS) is 18.9. The first-order valence-corrected chi connectivity index (χ1v) is 6.84. The Hall–Kier alpha value is -1.82. The van der Waals surface area contributed by atoms with E-state index in [0.717, 1.165) is 12.8 Å². The lowest BCUT2D eigenvalue weighted by Gasteiger charge is -2.34. The Kier molecular flexibility index (Phi) is 5.17. The molecule has 1 aliphatic rings. The molecule has 0 unspecified atom stereocenters. The Labute approximate surface area is 118 Å². The third-order valence-corrected chi connectivity index (χ3v) is 3.44. The van der Waals surface area contributed by atoms with Gasteiger partial charge in [-0.15, -0.1) is 0 Å². The van der Waals surface area contributed by atoms with Crippen molar-refractivity contribution in [2.45, 2.75) is 25.3 Å². The van der Waals surface area contributed by atoms with Gasteiger partial charge in [0.1, 0.15) is 12.3 Å². The van der Waals surface area contributed by atoms with Crippen molar-refractivity contribution < 1.29 is 18.7 Å². The standard InChI is InChI=1S/C14H20N2O4/c1-19-9-6-15-13(17)12-4-2-3-7-16(12)14(18)11-5-8-20-10-11/h5,8,10,12H,2-4,6-7,9H2,1H3,(H,15,17)/t12-/m1/s1. The van der Waals surface area contributed by atoms with E-state index in [1.807, 2.05) is 0 Å². The van der Waals surface area contributed by atoms with Crippen molar-refractivity contribution in [2.75, 3.05) is 26.8 Å². The molecule has 1 N–H and O–H groups in total. The van der Waals surface area contributed by atoms with Gasteiger partial charge in [-0.05, 0) is 25.3 Å². The Bertz CT molecular complexity index is 444. The van der Waals surface area contributed by atoms with Gasteiger partial charge in [0.15, 0.2) is 0 Å². The SMILES string of the molecule is COCCNC(=O)[C@H]1CCCCN1C(=O)c1ccoc1. The molecule has 0 radical (unpaired) electrons. The van der Waals surface area contributed by atoms with Crippen LogP contribution in [-0.2, 0) is 9.53 Å². The molecule has 1 aliphatic heterocycles. The average molecular weight is 280 g/mol. The molecule has 0 aromatic carbocycles. The molecule has 2 amide bonds. The van der Waals surface area contributed by atoms with Gasteiger partial charge in [-0.1, -0.05) is 0 Å². The van der Waals surface area contributed by atoms with Gasteiger partial charge in [0.2, 0.25) is 5.91 Å². The van der Waals surface area contributed by atoms with Crippen molar-refractivity contribution in [1.82, 2.24) is 10.2 Å². The highest BCUT2D eigenvalue weighted by Crippen LogP contribution is 2.20. The zero-order chi connectivity index (χ0) is 14.4. The minimum Gasteiger partial charge on any atom is -0.472 e. The van der Waals surface area contributed by atoms with Gasteiger partial charge in [0.25, 0.3) is 5.91 Å². The van der Waals surface area contributed by atoms with E-state index in [4.69, 9.17) is 9.15 Å². The fourth-order valence-electron chi connectivity index (χ4n) is 2.39. The van der Waals surface area contributed by atoms with E-state index in [1.54, 1.807) is 18.1 Å². The summed E-state index contributed by atoms with van der Waals surface area (Å²) in [7, 11) is 1.58. The number of nitrogens with zero attached hydrogens (tertiary/aromatic N) is 1. The van der Waals surface area contributed by atoms with Gasteiger partial charge in [-0.3, -0.25) is 9.59 Å². The molecular formula is C14H20N2O4. The van der Waals surface area contributed by atoms with Crippen LogP contribution in [-0.4, -0.2) is 49.6 Å². The maximum Gasteiger partial charge on any atom is 0.257 e. The van der Waals surface area contributed by atoms with Crippen LogP contribution >= 0.6 is 0 Å². The van der Waals surface area contributed by atoms with Crippen LogP contribution in [0, 0.1) is 0 Å². The second kappa shape index (κ2) is 7.09.